The van der Waals surface area contributed by atoms with Gasteiger partial charge in [0.1, 0.15) is 40.9 Å². The van der Waals surface area contributed by atoms with Gasteiger partial charge >= 0.3 is 17.1 Å². The van der Waals surface area contributed by atoms with Gasteiger partial charge in [-0.2, -0.15) is 10.2 Å². The Hall–Kier alpha value is -3.02. The Morgan fingerprint density at radius 2 is 0.938 bits per heavy atom. The van der Waals surface area contributed by atoms with Crippen molar-refractivity contribution in [3.8, 4) is 0 Å². The van der Waals surface area contributed by atoms with Crippen molar-refractivity contribution >= 4 is 92.8 Å². The van der Waals surface area contributed by atoms with Gasteiger partial charge in [0, 0.05) is 26.9 Å². The van der Waals surface area contributed by atoms with E-state index in [1.165, 1.54) is 15.9 Å². The van der Waals surface area contributed by atoms with Gasteiger partial charge in [-0.1, -0.05) is 97.1 Å². The standard InChI is InChI=1S/C36H32IN6PS2.BrH.Cu/c1-38-35(45)42-40-34(28-22-24-29(37)25-23-28)33(27-14-6-2-7-15-27)41-43-36(46)39-26-44(30-16-8-3-9-17-30,31-18-10-4-11-19-31)32-20-12-5-13-21-32;;/h2-25H,26H2,1H3,(H3-,38,39,40,41,42,43,45,46);1H;/q;;+2/p-2. The molecule has 2 N–H and O–H groups in total. The van der Waals surface area contributed by atoms with Crippen LogP contribution >= 0.6 is 29.9 Å². The molecule has 0 aliphatic heterocycles. The normalized spacial score (nSPS) is 12.4. The molecule has 0 amide bonds. The van der Waals surface area contributed by atoms with E-state index >= 15 is 0 Å². The molecule has 5 aromatic rings. The molecule has 0 heterocycles. The number of benzene rings is 5. The molecule has 0 saturated heterocycles. The van der Waals surface area contributed by atoms with Gasteiger partial charge in [-0.25, -0.2) is 0 Å². The molecule has 48 heavy (non-hydrogen) atoms. The molecule has 0 unspecified atom stereocenters. The molecule has 247 valence electrons. The van der Waals surface area contributed by atoms with E-state index in [-0.39, 0.29) is 44.4 Å². The van der Waals surface area contributed by atoms with Crippen molar-refractivity contribution in [1.29, 1.82) is 0 Å². The third-order valence-electron chi connectivity index (χ3n) is 7.14. The first kappa shape index (κ1) is 39.4. The van der Waals surface area contributed by atoms with E-state index in [9.17, 15) is 0 Å². The Bertz CT molecular complexity index is 1750. The minimum Gasteiger partial charge on any atom is -1.00 e. The molecule has 5 aromatic carbocycles. The van der Waals surface area contributed by atoms with Crippen LogP contribution in [0.5, 0.6) is 0 Å². The number of nitrogens with zero attached hydrogens (tertiary/aromatic N) is 4. The predicted octanol–water partition coefficient (Wildman–Crippen LogP) is 2.97. The van der Waals surface area contributed by atoms with E-state index in [2.05, 4.69) is 121 Å². The minimum atomic E-state index is -2.18. The van der Waals surface area contributed by atoms with Crippen LogP contribution in [-0.4, -0.2) is 35.1 Å². The van der Waals surface area contributed by atoms with Gasteiger partial charge in [0.25, 0.3) is 0 Å². The third kappa shape index (κ3) is 10.0. The average molecular weight is 913 g/mol. The summed E-state index contributed by atoms with van der Waals surface area (Å²) in [6.07, 6.45) is 0.563. The van der Waals surface area contributed by atoms with Crippen LogP contribution in [0.4, 0.5) is 0 Å². The van der Waals surface area contributed by atoms with Crippen molar-refractivity contribution < 1.29 is 34.1 Å². The number of hydrogen-bond donors (Lipinski definition) is 2. The van der Waals surface area contributed by atoms with Crippen molar-refractivity contribution in [1.82, 2.24) is 10.6 Å². The minimum absolute atomic E-state index is 0. The molecule has 0 aliphatic rings. The predicted molar refractivity (Wildman–Crippen MR) is 210 cm³/mol. The zero-order valence-electron chi connectivity index (χ0n) is 25.7. The van der Waals surface area contributed by atoms with Gasteiger partial charge in [0.2, 0.25) is 0 Å². The second-order valence-corrected chi connectivity index (χ2v) is 15.5. The van der Waals surface area contributed by atoms with E-state index in [0.717, 1.165) is 14.7 Å². The number of rotatable bonds is 10. The first-order valence-electron chi connectivity index (χ1n) is 14.4. The number of amidine groups is 2. The Morgan fingerprint density at radius 1 is 0.562 bits per heavy atom. The van der Waals surface area contributed by atoms with Gasteiger partial charge in [0.05, 0.1) is 0 Å². The molecule has 1 radical (unpaired) electrons. The first-order valence-corrected chi connectivity index (χ1v) is 18.3. The Balaban J connectivity index is 0.00000312. The van der Waals surface area contributed by atoms with E-state index in [1.807, 2.05) is 72.8 Å². The van der Waals surface area contributed by atoms with Crippen LogP contribution in [-0.2, 0) is 42.3 Å². The summed E-state index contributed by atoms with van der Waals surface area (Å²) in [5.41, 5.74) is 2.67. The van der Waals surface area contributed by atoms with Crippen molar-refractivity contribution in [2.45, 2.75) is 0 Å². The van der Waals surface area contributed by atoms with Crippen LogP contribution in [0.1, 0.15) is 11.1 Å². The number of hydrogen-bond acceptors (Lipinski definition) is 6. The Labute approximate surface area is 328 Å². The van der Waals surface area contributed by atoms with Crippen LogP contribution in [0.25, 0.3) is 0 Å². The number of halogens is 2. The summed E-state index contributed by atoms with van der Waals surface area (Å²) in [5.74, 6) is 0. The van der Waals surface area contributed by atoms with Crippen LogP contribution < -0.4 is 43.5 Å². The average Bonchev–Trinajstić information content (AvgIpc) is 3.12. The molecule has 0 spiro atoms. The quantitative estimate of drug-likeness (QED) is 0.0431. The molecular formula is C36H31BrCuIN6PS2. The van der Waals surface area contributed by atoms with Crippen molar-refractivity contribution in [3.05, 3.63) is 160 Å². The summed E-state index contributed by atoms with van der Waals surface area (Å²) in [7, 11) is -0.468. The fourth-order valence-electron chi connectivity index (χ4n) is 4.92. The maximum Gasteiger partial charge on any atom is 2.00 e. The van der Waals surface area contributed by atoms with Gasteiger partial charge < -0.3 is 52.9 Å². The topological polar surface area (TPSA) is 73.5 Å². The molecule has 0 aliphatic carbocycles. The molecule has 12 heteroatoms. The monoisotopic (exact) mass is 911 g/mol. The molecule has 5 rings (SSSR count). The Kier molecular flexibility index (Phi) is 16.3. The second kappa shape index (κ2) is 19.8. The zero-order valence-corrected chi connectivity index (χ0v) is 32.9. The van der Waals surface area contributed by atoms with Crippen molar-refractivity contribution in [2.24, 2.45) is 20.4 Å². The fraction of sp³-hybridized carbons (Fsp3) is 0.0556. The van der Waals surface area contributed by atoms with Crippen molar-refractivity contribution in [2.75, 3.05) is 13.3 Å². The summed E-state index contributed by atoms with van der Waals surface area (Å²) >= 11 is 13.4. The van der Waals surface area contributed by atoms with E-state index in [1.54, 1.807) is 7.05 Å². The molecular weight excluding hydrogens is 882 g/mol. The maximum atomic E-state index is 5.82. The van der Waals surface area contributed by atoms with E-state index < -0.39 is 7.26 Å². The second-order valence-electron chi connectivity index (χ2n) is 9.98. The maximum absolute atomic E-state index is 5.82. The smallest absolute Gasteiger partial charge is 1.00 e. The fourth-order valence-corrected chi connectivity index (χ4v) is 9.41. The largest absolute Gasteiger partial charge is 2.00 e. The molecule has 0 bridgehead atoms. The van der Waals surface area contributed by atoms with Crippen LogP contribution in [0.2, 0.25) is 0 Å². The molecule has 6 nitrogen and oxygen atoms in total. The van der Waals surface area contributed by atoms with Gasteiger partial charge in [0.15, 0.2) is 0 Å². The first-order chi connectivity index (χ1) is 22.5. The molecule has 0 atom stereocenters. The molecule has 0 fully saturated rings. The van der Waals surface area contributed by atoms with Crippen LogP contribution in [0.15, 0.2) is 166 Å². The summed E-state index contributed by atoms with van der Waals surface area (Å²) in [5, 5.41) is 28.6. The van der Waals surface area contributed by atoms with Crippen LogP contribution in [0.3, 0.4) is 0 Å². The third-order valence-corrected chi connectivity index (χ3v) is 12.5. The summed E-state index contributed by atoms with van der Waals surface area (Å²) < 4.78 is 1.10. The molecule has 0 saturated carbocycles. The van der Waals surface area contributed by atoms with Gasteiger partial charge in [-0.3, -0.25) is 0 Å². The van der Waals surface area contributed by atoms with E-state index in [4.69, 9.17) is 30.4 Å². The zero-order chi connectivity index (χ0) is 32.2. The van der Waals surface area contributed by atoms with Gasteiger partial charge in [-0.15, -0.1) is 10.2 Å². The summed E-state index contributed by atoms with van der Waals surface area (Å²) in [6, 6.07) is 49.6. The Morgan fingerprint density at radius 3 is 1.35 bits per heavy atom. The summed E-state index contributed by atoms with van der Waals surface area (Å²) in [4.78, 5) is 0. The molecule has 0 aromatic heterocycles. The van der Waals surface area contributed by atoms with E-state index in [0.29, 0.717) is 17.7 Å². The SMILES string of the molecule is CNC([S-])=NN=C(C(=NN=C([S-])NC[P+](c1ccccc1)(c1ccccc1)c1ccccc1)c1ccccc1)c1ccc(I)cc1.[Br-].[Cu+2]. The number of nitrogens with one attached hydrogen (secondary N) is 2. The van der Waals surface area contributed by atoms with Crippen LogP contribution in [0, 0.1) is 3.57 Å². The summed E-state index contributed by atoms with van der Waals surface area (Å²) in [6.45, 7) is 0. The van der Waals surface area contributed by atoms with Crippen molar-refractivity contribution in [3.63, 3.8) is 0 Å². The van der Waals surface area contributed by atoms with Gasteiger partial charge in [-0.05, 0) is 76.3 Å².